The zero-order chi connectivity index (χ0) is 31.7. The number of carbonyl (C=O) groups is 3. The van der Waals surface area contributed by atoms with Gasteiger partial charge in [-0.15, -0.1) is 11.8 Å². The minimum Gasteiger partial charge on any atom is -0.450 e. The highest BCUT2D eigenvalue weighted by Crippen LogP contribution is 2.55. The largest absolute Gasteiger partial charge is 0.450 e. The fraction of sp³-hybridized carbons (Fsp3) is 0.324. The highest BCUT2D eigenvalue weighted by atomic mass is 79.9. The number of halogens is 2. The van der Waals surface area contributed by atoms with E-state index >= 15 is 4.79 Å². The molecule has 0 aliphatic carbocycles. The first-order valence-electron chi connectivity index (χ1n) is 15.0. The van der Waals surface area contributed by atoms with Gasteiger partial charge < -0.3 is 24.8 Å². The van der Waals surface area contributed by atoms with Crippen LogP contribution in [0, 0.1) is 6.92 Å². The van der Waals surface area contributed by atoms with Gasteiger partial charge in [0.2, 0.25) is 11.8 Å². The Balaban J connectivity index is 1.46. The van der Waals surface area contributed by atoms with Crippen LogP contribution in [0.2, 0.25) is 5.02 Å². The number of amides is 3. The summed E-state index contributed by atoms with van der Waals surface area (Å²) in [5.41, 5.74) is 3.76. The van der Waals surface area contributed by atoms with E-state index in [0.717, 1.165) is 37.0 Å². The van der Waals surface area contributed by atoms with E-state index in [-0.39, 0.29) is 30.9 Å². The van der Waals surface area contributed by atoms with Crippen LogP contribution in [0.3, 0.4) is 0 Å². The minimum absolute atomic E-state index is 0.0261. The predicted molar refractivity (Wildman–Crippen MR) is 180 cm³/mol. The van der Waals surface area contributed by atoms with E-state index in [1.165, 1.54) is 11.8 Å². The molecule has 3 atom stereocenters. The molecule has 45 heavy (non-hydrogen) atoms. The molecule has 2 N–H and O–H groups in total. The monoisotopic (exact) mass is 708 g/mol. The van der Waals surface area contributed by atoms with Crippen molar-refractivity contribution in [3.05, 3.63) is 99.1 Å². The van der Waals surface area contributed by atoms with E-state index in [1.54, 1.807) is 11.8 Å². The van der Waals surface area contributed by atoms with Crippen LogP contribution in [0.15, 0.2) is 82.3 Å². The second-order valence-electron chi connectivity index (χ2n) is 11.6. The summed E-state index contributed by atoms with van der Waals surface area (Å²) in [7, 11) is 0. The second-order valence-corrected chi connectivity index (χ2v) is 14.3. The van der Waals surface area contributed by atoms with Gasteiger partial charge in [0.1, 0.15) is 4.75 Å². The van der Waals surface area contributed by atoms with Crippen LogP contribution in [0.25, 0.3) is 10.9 Å². The Kier molecular flexibility index (Phi) is 9.17. The molecular weight excluding hydrogens is 676 g/mol. The minimum atomic E-state index is -1.19. The summed E-state index contributed by atoms with van der Waals surface area (Å²) >= 11 is 11.3. The van der Waals surface area contributed by atoms with Crippen LogP contribution in [0.1, 0.15) is 42.5 Å². The summed E-state index contributed by atoms with van der Waals surface area (Å²) in [5, 5.41) is 4.39. The Morgan fingerprint density at radius 1 is 1.13 bits per heavy atom. The number of aromatic amines is 1. The van der Waals surface area contributed by atoms with Gasteiger partial charge in [-0.05, 0) is 62.2 Å². The summed E-state index contributed by atoms with van der Waals surface area (Å²) in [5.74, 6) is -0.221. The molecule has 0 spiro atoms. The number of benzene rings is 3. The molecule has 1 unspecified atom stereocenters. The summed E-state index contributed by atoms with van der Waals surface area (Å²) in [4.78, 5) is 49.3. The molecule has 11 heteroatoms. The number of nitrogens with one attached hydrogen (secondary N) is 2. The van der Waals surface area contributed by atoms with E-state index in [2.05, 4.69) is 26.2 Å². The van der Waals surface area contributed by atoms with Crippen LogP contribution < -0.4 is 5.32 Å². The zero-order valence-corrected chi connectivity index (χ0v) is 28.2. The SMILES string of the molecule is CCOC(=O)N[C@H]1CCN(C(=O)C2(Sc3ccc(C)cc3)CC(=O)N(Cc3ccc(Br)cc3)[C@H]2c2c[nH]c3cc(Cl)ccc23)C1. The molecule has 2 fully saturated rings. The van der Waals surface area contributed by atoms with Gasteiger partial charge in [-0.3, -0.25) is 9.59 Å². The van der Waals surface area contributed by atoms with Gasteiger partial charge in [-0.1, -0.05) is 63.4 Å². The van der Waals surface area contributed by atoms with E-state index in [9.17, 15) is 9.59 Å². The Morgan fingerprint density at radius 2 is 1.89 bits per heavy atom. The smallest absolute Gasteiger partial charge is 0.407 e. The quantitative estimate of drug-likeness (QED) is 0.201. The lowest BCUT2D eigenvalue weighted by Gasteiger charge is -2.38. The van der Waals surface area contributed by atoms with E-state index in [4.69, 9.17) is 16.3 Å². The fourth-order valence-electron chi connectivity index (χ4n) is 6.37. The summed E-state index contributed by atoms with van der Waals surface area (Å²) in [6, 6.07) is 20.8. The summed E-state index contributed by atoms with van der Waals surface area (Å²) in [6.07, 6.45) is 2.04. The third-order valence-corrected chi connectivity index (χ3v) is 10.7. The van der Waals surface area contributed by atoms with Crippen molar-refractivity contribution in [2.75, 3.05) is 19.7 Å². The number of carbonyl (C=O) groups excluding carboxylic acids is 3. The number of nitrogens with zero attached hydrogens (tertiary/aromatic N) is 2. The normalized spacial score (nSPS) is 21.5. The van der Waals surface area contributed by atoms with Gasteiger partial charge in [0, 0.05) is 56.7 Å². The molecular formula is C34H34BrClN4O4S. The molecule has 2 aliphatic rings. The van der Waals surface area contributed by atoms with Crippen molar-refractivity contribution in [1.82, 2.24) is 20.1 Å². The Morgan fingerprint density at radius 3 is 2.62 bits per heavy atom. The lowest BCUT2D eigenvalue weighted by Crippen LogP contribution is -2.50. The number of alkyl carbamates (subject to hydrolysis) is 1. The van der Waals surface area contributed by atoms with Crippen LogP contribution in [0.4, 0.5) is 4.79 Å². The van der Waals surface area contributed by atoms with E-state index in [1.807, 2.05) is 84.8 Å². The molecule has 0 radical (unpaired) electrons. The molecule has 3 amide bonds. The number of thioether (sulfide) groups is 1. The molecule has 4 aromatic rings. The Labute approximate surface area is 279 Å². The Bertz CT molecular complexity index is 1730. The van der Waals surface area contributed by atoms with E-state index < -0.39 is 16.9 Å². The van der Waals surface area contributed by atoms with Gasteiger partial charge in [-0.2, -0.15) is 0 Å². The standard InChI is InChI=1S/C34H34BrClN4O4S/c1-3-44-33(43)38-25-14-15-39(20-25)32(42)34(45-26-11-4-21(2)5-12-26)17-30(41)40(19-22-6-8-23(35)9-7-22)31(34)28-18-37-29-16-24(36)10-13-27(28)29/h4-13,16,18,25,31,37H,3,14-15,17,19-20H2,1-2H3,(H,38,43)/t25-,31-,34?/m0/s1. The number of aryl methyl sites for hydroxylation is 1. The highest BCUT2D eigenvalue weighted by molar-refractivity contribution is 9.10. The maximum atomic E-state index is 15.0. The lowest BCUT2D eigenvalue weighted by atomic mass is 9.90. The van der Waals surface area contributed by atoms with Crippen molar-refractivity contribution >= 4 is 68.1 Å². The molecule has 6 rings (SSSR count). The molecule has 0 saturated carbocycles. The topological polar surface area (TPSA) is 94.7 Å². The average molecular weight is 710 g/mol. The number of aromatic nitrogens is 1. The molecule has 2 aliphatic heterocycles. The van der Waals surface area contributed by atoms with Crippen molar-refractivity contribution in [3.8, 4) is 0 Å². The van der Waals surface area contributed by atoms with Crippen molar-refractivity contribution in [2.24, 2.45) is 0 Å². The molecule has 8 nitrogen and oxygen atoms in total. The molecule has 3 aromatic carbocycles. The first-order chi connectivity index (χ1) is 21.7. The summed E-state index contributed by atoms with van der Waals surface area (Å²) < 4.78 is 4.85. The molecule has 234 valence electrons. The number of likely N-dealkylation sites (tertiary alicyclic amines) is 2. The van der Waals surface area contributed by atoms with Gasteiger partial charge >= 0.3 is 6.09 Å². The van der Waals surface area contributed by atoms with Crippen LogP contribution in [-0.4, -0.2) is 63.2 Å². The van der Waals surface area contributed by atoms with Crippen LogP contribution in [-0.2, 0) is 20.9 Å². The third kappa shape index (κ3) is 6.46. The van der Waals surface area contributed by atoms with Crippen molar-refractivity contribution < 1.29 is 19.1 Å². The van der Waals surface area contributed by atoms with Gasteiger partial charge in [0.25, 0.3) is 0 Å². The maximum absolute atomic E-state index is 15.0. The second kappa shape index (κ2) is 13.1. The molecule has 1 aromatic heterocycles. The number of ether oxygens (including phenoxy) is 1. The maximum Gasteiger partial charge on any atom is 0.407 e. The lowest BCUT2D eigenvalue weighted by molar-refractivity contribution is -0.133. The zero-order valence-electron chi connectivity index (χ0n) is 25.0. The van der Waals surface area contributed by atoms with Crippen molar-refractivity contribution in [3.63, 3.8) is 0 Å². The van der Waals surface area contributed by atoms with Crippen molar-refractivity contribution in [2.45, 2.75) is 55.0 Å². The van der Waals surface area contributed by atoms with Gasteiger partial charge in [0.15, 0.2) is 0 Å². The first kappa shape index (κ1) is 31.5. The Hall–Kier alpha value is -3.47. The highest BCUT2D eigenvalue weighted by Gasteiger charge is 2.60. The van der Waals surface area contributed by atoms with Gasteiger partial charge in [-0.25, -0.2) is 4.79 Å². The van der Waals surface area contributed by atoms with Crippen LogP contribution >= 0.6 is 39.3 Å². The van der Waals surface area contributed by atoms with Crippen molar-refractivity contribution in [1.29, 1.82) is 0 Å². The first-order valence-corrected chi connectivity index (χ1v) is 16.9. The number of rotatable bonds is 8. The summed E-state index contributed by atoms with van der Waals surface area (Å²) in [6.45, 7) is 5.19. The average Bonchev–Trinajstić information content (AvgIpc) is 3.71. The molecule has 0 bridgehead atoms. The number of hydrogen-bond acceptors (Lipinski definition) is 5. The van der Waals surface area contributed by atoms with Crippen LogP contribution in [0.5, 0.6) is 0 Å². The molecule has 2 saturated heterocycles. The molecule has 3 heterocycles. The van der Waals surface area contributed by atoms with Gasteiger partial charge in [0.05, 0.1) is 25.1 Å². The fourth-order valence-corrected chi connectivity index (χ4v) is 8.27. The number of hydrogen-bond donors (Lipinski definition) is 2. The predicted octanol–water partition coefficient (Wildman–Crippen LogP) is 7.24. The van der Waals surface area contributed by atoms with E-state index in [0.29, 0.717) is 31.1 Å². The third-order valence-electron chi connectivity index (χ3n) is 8.48. The number of H-pyrrole nitrogens is 1. The number of fused-ring (bicyclic) bond motifs is 1.